The lowest BCUT2D eigenvalue weighted by Gasteiger charge is -2.37. The van der Waals surface area contributed by atoms with E-state index in [0.717, 1.165) is 27.8 Å². The molecule has 5 aromatic rings. The maximum absolute atomic E-state index is 13.5. The van der Waals surface area contributed by atoms with Gasteiger partial charge >= 0.3 is 0 Å². The summed E-state index contributed by atoms with van der Waals surface area (Å²) < 4.78 is 0. The number of hydrogen-bond acceptors (Lipinski definition) is 2. The third kappa shape index (κ3) is 4.89. The molecule has 4 heteroatoms. The molecule has 0 fully saturated rings. The maximum Gasteiger partial charge on any atom is 0.259 e. The lowest BCUT2D eigenvalue weighted by atomic mass is 9.65. The summed E-state index contributed by atoms with van der Waals surface area (Å²) in [4.78, 5) is 13.5. The Morgan fingerprint density at radius 3 is 1.68 bits per heavy atom. The number of halogens is 1. The van der Waals surface area contributed by atoms with E-state index >= 15 is 0 Å². The molecule has 1 amide bonds. The van der Waals surface area contributed by atoms with Crippen molar-refractivity contribution < 1.29 is 9.90 Å². The van der Waals surface area contributed by atoms with Crippen molar-refractivity contribution in [2.24, 2.45) is 0 Å². The number of phenols is 1. The van der Waals surface area contributed by atoms with Crippen LogP contribution in [-0.4, -0.2) is 11.0 Å². The van der Waals surface area contributed by atoms with Gasteiger partial charge in [-0.15, -0.1) is 0 Å². The zero-order chi connectivity index (χ0) is 28.3. The van der Waals surface area contributed by atoms with Gasteiger partial charge in [0.2, 0.25) is 0 Å². The maximum atomic E-state index is 13.5. The normalized spacial score (nSPS) is 11.4. The highest BCUT2D eigenvalue weighted by Crippen LogP contribution is 2.46. The molecular formula is C36H32ClNO2. The molecule has 0 aliphatic carbocycles. The Hall–Kier alpha value is -4.34. The molecular weight excluding hydrogens is 514 g/mol. The van der Waals surface area contributed by atoms with Gasteiger partial charge in [-0.2, -0.15) is 0 Å². The second kappa shape index (κ2) is 11.4. The SMILES string of the molecule is Cc1ccc(C(C)C)c(C(=O)Nc2ccc(C(c3ccccc3)(c3ccccc3)c3ccccc3)cc2Cl)c1O. The van der Waals surface area contributed by atoms with Gasteiger partial charge in [-0.3, -0.25) is 4.79 Å². The van der Waals surface area contributed by atoms with Crippen LogP contribution in [0.1, 0.15) is 63.5 Å². The highest BCUT2D eigenvalue weighted by atomic mass is 35.5. The summed E-state index contributed by atoms with van der Waals surface area (Å²) in [6.45, 7) is 5.78. The van der Waals surface area contributed by atoms with E-state index in [2.05, 4.69) is 41.7 Å². The smallest absolute Gasteiger partial charge is 0.259 e. The largest absolute Gasteiger partial charge is 0.507 e. The van der Waals surface area contributed by atoms with Crippen molar-refractivity contribution in [3.8, 4) is 5.75 Å². The van der Waals surface area contributed by atoms with Crippen molar-refractivity contribution in [2.75, 3.05) is 5.32 Å². The van der Waals surface area contributed by atoms with Crippen molar-refractivity contribution in [2.45, 2.75) is 32.1 Å². The minimum absolute atomic E-state index is 0.00677. The predicted octanol–water partition coefficient (Wildman–Crippen LogP) is 9.11. The van der Waals surface area contributed by atoms with Crippen molar-refractivity contribution in [1.29, 1.82) is 0 Å². The molecule has 0 aromatic heterocycles. The number of aromatic hydroxyl groups is 1. The fourth-order valence-electron chi connectivity index (χ4n) is 5.53. The molecule has 2 N–H and O–H groups in total. The summed E-state index contributed by atoms with van der Waals surface area (Å²) in [6.07, 6.45) is 0. The number of phenolic OH excluding ortho intramolecular Hbond substituents is 1. The van der Waals surface area contributed by atoms with Gasteiger partial charge < -0.3 is 10.4 Å². The van der Waals surface area contributed by atoms with E-state index in [1.165, 1.54) is 0 Å². The number of aryl methyl sites for hydroxylation is 1. The Morgan fingerprint density at radius 2 is 1.23 bits per heavy atom. The van der Waals surface area contributed by atoms with E-state index in [-0.39, 0.29) is 23.1 Å². The average Bonchev–Trinajstić information content (AvgIpc) is 2.97. The molecule has 0 spiro atoms. The van der Waals surface area contributed by atoms with Crippen LogP contribution in [0, 0.1) is 6.92 Å². The number of amides is 1. The summed E-state index contributed by atoms with van der Waals surface area (Å²) in [5.74, 6) is -0.332. The summed E-state index contributed by atoms with van der Waals surface area (Å²) >= 11 is 6.93. The first-order chi connectivity index (χ1) is 19.3. The topological polar surface area (TPSA) is 49.3 Å². The number of hydrogen-bond donors (Lipinski definition) is 2. The second-order valence-electron chi connectivity index (χ2n) is 10.3. The van der Waals surface area contributed by atoms with E-state index in [4.69, 9.17) is 11.6 Å². The summed E-state index contributed by atoms with van der Waals surface area (Å²) in [6, 6.07) is 40.7. The van der Waals surface area contributed by atoms with E-state index in [1.807, 2.05) is 98.8 Å². The molecule has 0 atom stereocenters. The zero-order valence-corrected chi connectivity index (χ0v) is 23.6. The molecule has 40 heavy (non-hydrogen) atoms. The van der Waals surface area contributed by atoms with E-state index < -0.39 is 5.41 Å². The fraction of sp³-hybridized carbons (Fsp3) is 0.139. The van der Waals surface area contributed by atoms with Crippen molar-refractivity contribution in [3.05, 3.63) is 165 Å². The first-order valence-electron chi connectivity index (χ1n) is 13.4. The van der Waals surface area contributed by atoms with Crippen molar-refractivity contribution >= 4 is 23.2 Å². The molecule has 0 aliphatic rings. The molecule has 5 rings (SSSR count). The molecule has 0 radical (unpaired) electrons. The average molecular weight is 546 g/mol. The van der Waals surface area contributed by atoms with E-state index in [0.29, 0.717) is 16.3 Å². The van der Waals surface area contributed by atoms with Crippen LogP contribution in [0.25, 0.3) is 0 Å². The third-order valence-electron chi connectivity index (χ3n) is 7.53. The van der Waals surface area contributed by atoms with Crippen LogP contribution < -0.4 is 5.32 Å². The molecule has 200 valence electrons. The Bertz CT molecular complexity index is 1530. The monoisotopic (exact) mass is 545 g/mol. The standard InChI is InChI=1S/C36H32ClNO2/c1-24(2)30-21-19-25(3)34(39)33(30)35(40)38-32-22-20-29(23-31(32)37)36(26-13-7-4-8-14-26,27-15-9-5-10-16-27)28-17-11-6-12-18-28/h4-24,39H,1-3H3,(H,38,40). The molecule has 5 aromatic carbocycles. The van der Waals surface area contributed by atoms with E-state index in [9.17, 15) is 9.90 Å². The fourth-order valence-corrected chi connectivity index (χ4v) is 5.76. The number of anilines is 1. The van der Waals surface area contributed by atoms with Gasteiger partial charge in [0.15, 0.2) is 0 Å². The number of carbonyl (C=O) groups excluding carboxylic acids is 1. The highest BCUT2D eigenvalue weighted by Gasteiger charge is 2.38. The van der Waals surface area contributed by atoms with Crippen molar-refractivity contribution in [3.63, 3.8) is 0 Å². The van der Waals surface area contributed by atoms with Gasteiger partial charge in [0.1, 0.15) is 5.75 Å². The van der Waals surface area contributed by atoms with Crippen LogP contribution in [-0.2, 0) is 5.41 Å². The Kier molecular flexibility index (Phi) is 7.77. The first-order valence-corrected chi connectivity index (χ1v) is 13.8. The minimum Gasteiger partial charge on any atom is -0.507 e. The number of nitrogens with one attached hydrogen (secondary N) is 1. The third-order valence-corrected chi connectivity index (χ3v) is 7.84. The lowest BCUT2D eigenvalue weighted by Crippen LogP contribution is -2.31. The van der Waals surface area contributed by atoms with Crippen LogP contribution in [0.2, 0.25) is 5.02 Å². The van der Waals surface area contributed by atoms with Gasteiger partial charge in [-0.25, -0.2) is 0 Å². The molecule has 0 bridgehead atoms. The number of rotatable bonds is 7. The van der Waals surface area contributed by atoms with Crippen LogP contribution in [0.4, 0.5) is 5.69 Å². The number of carbonyl (C=O) groups is 1. The lowest BCUT2D eigenvalue weighted by molar-refractivity contribution is 0.102. The van der Waals surface area contributed by atoms with Crippen LogP contribution in [0.15, 0.2) is 121 Å². The molecule has 3 nitrogen and oxygen atoms in total. The molecule has 0 heterocycles. The zero-order valence-electron chi connectivity index (χ0n) is 22.9. The van der Waals surface area contributed by atoms with E-state index in [1.54, 1.807) is 6.92 Å². The molecule has 0 saturated heterocycles. The Balaban J connectivity index is 1.65. The van der Waals surface area contributed by atoms with Crippen molar-refractivity contribution in [1.82, 2.24) is 0 Å². The summed E-state index contributed by atoms with van der Waals surface area (Å²) in [7, 11) is 0. The van der Waals surface area contributed by atoms with Gasteiger partial charge in [0, 0.05) is 0 Å². The second-order valence-corrected chi connectivity index (χ2v) is 10.8. The molecule has 0 unspecified atom stereocenters. The van der Waals surface area contributed by atoms with Gasteiger partial charge in [-0.05, 0) is 58.4 Å². The number of benzene rings is 5. The molecule has 0 aliphatic heterocycles. The highest BCUT2D eigenvalue weighted by molar-refractivity contribution is 6.34. The minimum atomic E-state index is -0.643. The van der Waals surface area contributed by atoms with Crippen LogP contribution in [0.5, 0.6) is 5.75 Å². The van der Waals surface area contributed by atoms with Gasteiger partial charge in [0.25, 0.3) is 5.91 Å². The predicted molar refractivity (Wildman–Crippen MR) is 165 cm³/mol. The van der Waals surface area contributed by atoms with Crippen LogP contribution >= 0.6 is 11.6 Å². The summed E-state index contributed by atoms with van der Waals surface area (Å²) in [5.41, 5.74) is 5.83. The quantitative estimate of drug-likeness (QED) is 0.200. The summed E-state index contributed by atoms with van der Waals surface area (Å²) in [5, 5.41) is 14.2. The Morgan fingerprint density at radius 1 is 0.725 bits per heavy atom. The van der Waals surface area contributed by atoms with Crippen LogP contribution in [0.3, 0.4) is 0 Å². The Labute approximate surface area is 241 Å². The molecule has 0 saturated carbocycles. The van der Waals surface area contributed by atoms with Gasteiger partial charge in [-0.1, -0.05) is 135 Å². The first kappa shape index (κ1) is 27.2. The van der Waals surface area contributed by atoms with Gasteiger partial charge in [0.05, 0.1) is 21.7 Å².